The molecule has 0 fully saturated rings. The Bertz CT molecular complexity index is 351. The van der Waals surface area contributed by atoms with E-state index in [1.807, 2.05) is 23.1 Å². The molecule has 3 nitrogen and oxygen atoms in total. The first-order chi connectivity index (χ1) is 8.74. The van der Waals surface area contributed by atoms with Crippen molar-refractivity contribution in [3.05, 3.63) is 35.9 Å². The van der Waals surface area contributed by atoms with Crippen LogP contribution in [0.3, 0.4) is 0 Å². The molecule has 0 saturated heterocycles. The lowest BCUT2D eigenvalue weighted by molar-refractivity contribution is -0.132. The lowest BCUT2D eigenvalue weighted by Crippen LogP contribution is -2.39. The minimum absolute atomic E-state index is 0.0409. The van der Waals surface area contributed by atoms with Gasteiger partial charge in [0.05, 0.1) is 12.6 Å². The van der Waals surface area contributed by atoms with Crippen molar-refractivity contribution in [3.63, 3.8) is 0 Å². The molecule has 0 aliphatic rings. The third-order valence-corrected chi connectivity index (χ3v) is 3.19. The van der Waals surface area contributed by atoms with E-state index in [9.17, 15) is 4.79 Å². The molecule has 1 atom stereocenters. The van der Waals surface area contributed by atoms with Crippen LogP contribution in [0.5, 0.6) is 0 Å². The van der Waals surface area contributed by atoms with E-state index >= 15 is 0 Å². The summed E-state index contributed by atoms with van der Waals surface area (Å²) in [4.78, 5) is 13.9. The molecule has 1 rings (SSSR count). The van der Waals surface area contributed by atoms with Gasteiger partial charge < -0.3 is 10.6 Å². The molecule has 0 bridgehead atoms. The molecule has 3 heteroatoms. The van der Waals surface area contributed by atoms with E-state index in [4.69, 9.17) is 5.73 Å². The number of amides is 1. The number of benzene rings is 1. The Hall–Kier alpha value is -1.35. The fourth-order valence-electron chi connectivity index (χ4n) is 2.21. The number of unbranched alkanes of at least 4 members (excludes halogenated alkanes) is 1. The third kappa shape index (κ3) is 3.84. The van der Waals surface area contributed by atoms with Crippen molar-refractivity contribution in [1.29, 1.82) is 0 Å². The maximum Gasteiger partial charge on any atom is 0.236 e. The minimum Gasteiger partial charge on any atom is -0.335 e. The highest BCUT2D eigenvalue weighted by molar-refractivity contribution is 5.78. The molecular weight excluding hydrogens is 224 g/mol. The van der Waals surface area contributed by atoms with Gasteiger partial charge in [0.1, 0.15) is 0 Å². The third-order valence-electron chi connectivity index (χ3n) is 3.19. The standard InChI is InChI=1S/C15H24N2O/c1-3-5-11-17(15(18)12-16)14(4-2)13-9-7-6-8-10-13/h6-10,14H,3-5,11-12,16H2,1-2H3. The van der Waals surface area contributed by atoms with Crippen LogP contribution in [0, 0.1) is 0 Å². The Morgan fingerprint density at radius 1 is 1.28 bits per heavy atom. The van der Waals surface area contributed by atoms with E-state index in [-0.39, 0.29) is 18.5 Å². The molecule has 1 unspecified atom stereocenters. The van der Waals surface area contributed by atoms with Gasteiger partial charge in [0.15, 0.2) is 0 Å². The van der Waals surface area contributed by atoms with Crippen LogP contribution < -0.4 is 5.73 Å². The molecule has 0 radical (unpaired) electrons. The topological polar surface area (TPSA) is 46.3 Å². The smallest absolute Gasteiger partial charge is 0.236 e. The van der Waals surface area contributed by atoms with Gasteiger partial charge in [-0.2, -0.15) is 0 Å². The number of hydrogen-bond acceptors (Lipinski definition) is 2. The van der Waals surface area contributed by atoms with Gasteiger partial charge in [-0.1, -0.05) is 50.6 Å². The quantitative estimate of drug-likeness (QED) is 0.806. The average molecular weight is 248 g/mol. The predicted octanol–water partition coefficient (Wildman–Crippen LogP) is 2.73. The fraction of sp³-hybridized carbons (Fsp3) is 0.533. The van der Waals surface area contributed by atoms with Crippen LogP contribution in [-0.4, -0.2) is 23.9 Å². The highest BCUT2D eigenvalue weighted by atomic mass is 16.2. The van der Waals surface area contributed by atoms with Gasteiger partial charge in [-0.3, -0.25) is 4.79 Å². The Kier molecular flexibility index (Phi) is 6.44. The molecule has 0 saturated carbocycles. The molecule has 2 N–H and O–H groups in total. The first-order valence-electron chi connectivity index (χ1n) is 6.79. The van der Waals surface area contributed by atoms with Crippen molar-refractivity contribution in [1.82, 2.24) is 4.90 Å². The lowest BCUT2D eigenvalue weighted by Gasteiger charge is -2.31. The predicted molar refractivity (Wildman–Crippen MR) is 75.1 cm³/mol. The zero-order valence-electron chi connectivity index (χ0n) is 11.4. The molecule has 0 aromatic heterocycles. The summed E-state index contributed by atoms with van der Waals surface area (Å²) < 4.78 is 0. The Morgan fingerprint density at radius 2 is 1.94 bits per heavy atom. The van der Waals surface area contributed by atoms with E-state index in [2.05, 4.69) is 26.0 Å². The molecular formula is C15H24N2O. The normalized spacial score (nSPS) is 12.2. The molecule has 1 amide bonds. The molecule has 1 aromatic rings. The van der Waals surface area contributed by atoms with Crippen LogP contribution in [0.4, 0.5) is 0 Å². The largest absolute Gasteiger partial charge is 0.335 e. The summed E-state index contributed by atoms with van der Waals surface area (Å²) in [6, 6.07) is 10.3. The van der Waals surface area contributed by atoms with Crippen LogP contribution >= 0.6 is 0 Å². The van der Waals surface area contributed by atoms with Crippen LogP contribution in [0.25, 0.3) is 0 Å². The summed E-state index contributed by atoms with van der Waals surface area (Å²) in [5, 5.41) is 0. The van der Waals surface area contributed by atoms with Crippen LogP contribution in [0.15, 0.2) is 30.3 Å². The number of carbonyl (C=O) groups excluding carboxylic acids is 1. The van der Waals surface area contributed by atoms with Gasteiger partial charge in [-0.05, 0) is 18.4 Å². The van der Waals surface area contributed by atoms with Crippen LogP contribution in [0.2, 0.25) is 0 Å². The van der Waals surface area contributed by atoms with Gasteiger partial charge in [0.2, 0.25) is 5.91 Å². The van der Waals surface area contributed by atoms with Gasteiger partial charge in [-0.15, -0.1) is 0 Å². The second kappa shape index (κ2) is 7.88. The van der Waals surface area contributed by atoms with Gasteiger partial charge >= 0.3 is 0 Å². The van der Waals surface area contributed by atoms with Crippen molar-refractivity contribution in [3.8, 4) is 0 Å². The van der Waals surface area contributed by atoms with E-state index in [1.54, 1.807) is 0 Å². The average Bonchev–Trinajstić information content (AvgIpc) is 2.43. The molecule has 0 heterocycles. The monoisotopic (exact) mass is 248 g/mol. The van der Waals surface area contributed by atoms with Crippen molar-refractivity contribution in [2.75, 3.05) is 13.1 Å². The summed E-state index contributed by atoms with van der Waals surface area (Å²) >= 11 is 0. The van der Waals surface area contributed by atoms with Gasteiger partial charge in [0, 0.05) is 6.54 Å². The van der Waals surface area contributed by atoms with E-state index in [1.165, 1.54) is 5.56 Å². The highest BCUT2D eigenvalue weighted by Crippen LogP contribution is 2.24. The second-order valence-electron chi connectivity index (χ2n) is 4.48. The van der Waals surface area contributed by atoms with E-state index in [0.717, 1.165) is 25.8 Å². The molecule has 0 spiro atoms. The zero-order valence-corrected chi connectivity index (χ0v) is 11.4. The molecule has 100 valence electrons. The fourth-order valence-corrected chi connectivity index (χ4v) is 2.21. The number of nitrogens with two attached hydrogens (primary N) is 1. The van der Waals surface area contributed by atoms with E-state index in [0.29, 0.717) is 0 Å². The Balaban J connectivity index is 2.89. The Morgan fingerprint density at radius 3 is 2.44 bits per heavy atom. The van der Waals surface area contributed by atoms with Crippen molar-refractivity contribution in [2.24, 2.45) is 5.73 Å². The first-order valence-corrected chi connectivity index (χ1v) is 6.79. The summed E-state index contributed by atoms with van der Waals surface area (Å²) in [7, 11) is 0. The minimum atomic E-state index is 0.0409. The second-order valence-corrected chi connectivity index (χ2v) is 4.48. The Labute approximate surface area is 110 Å². The molecule has 1 aromatic carbocycles. The van der Waals surface area contributed by atoms with Crippen molar-refractivity contribution >= 4 is 5.91 Å². The first kappa shape index (κ1) is 14.7. The number of hydrogen-bond donors (Lipinski definition) is 1. The molecule has 18 heavy (non-hydrogen) atoms. The van der Waals surface area contributed by atoms with Crippen molar-refractivity contribution < 1.29 is 4.79 Å². The maximum absolute atomic E-state index is 12.0. The summed E-state index contributed by atoms with van der Waals surface area (Å²) in [5.41, 5.74) is 6.72. The maximum atomic E-state index is 12.0. The van der Waals surface area contributed by atoms with Gasteiger partial charge in [0.25, 0.3) is 0 Å². The van der Waals surface area contributed by atoms with Gasteiger partial charge in [-0.25, -0.2) is 0 Å². The summed E-state index contributed by atoms with van der Waals surface area (Å²) in [6.07, 6.45) is 3.02. The van der Waals surface area contributed by atoms with E-state index < -0.39 is 0 Å². The SMILES string of the molecule is CCCCN(C(=O)CN)C(CC)c1ccccc1. The molecule has 0 aliphatic heterocycles. The lowest BCUT2D eigenvalue weighted by atomic mass is 10.0. The van der Waals surface area contributed by atoms with Crippen molar-refractivity contribution in [2.45, 2.75) is 39.2 Å². The highest BCUT2D eigenvalue weighted by Gasteiger charge is 2.21. The van der Waals surface area contributed by atoms with Crippen LogP contribution in [0.1, 0.15) is 44.7 Å². The summed E-state index contributed by atoms with van der Waals surface area (Å²) in [6.45, 7) is 5.13. The van der Waals surface area contributed by atoms with Crippen LogP contribution in [-0.2, 0) is 4.79 Å². The summed E-state index contributed by atoms with van der Waals surface area (Å²) in [5.74, 6) is 0.0409. The zero-order chi connectivity index (χ0) is 13.4. The number of rotatable bonds is 7. The number of nitrogens with zero attached hydrogens (tertiary/aromatic N) is 1. The molecule has 0 aliphatic carbocycles. The number of carbonyl (C=O) groups is 1.